The van der Waals surface area contributed by atoms with E-state index in [-0.39, 0.29) is 35.1 Å². The van der Waals surface area contributed by atoms with Gasteiger partial charge in [0.25, 0.3) is 12.0 Å². The van der Waals surface area contributed by atoms with Crippen LogP contribution in [0.1, 0.15) is 79.1 Å². The first kappa shape index (κ1) is 26.0. The number of fused-ring (bicyclic) bond motifs is 6. The Hall–Kier alpha value is -2.14. The fourth-order valence-corrected chi connectivity index (χ4v) is 9.55. The molecule has 8 rings (SSSR count). The van der Waals surface area contributed by atoms with E-state index >= 15 is 0 Å². The summed E-state index contributed by atoms with van der Waals surface area (Å²) < 4.78 is 58.1. The molecular weight excluding hydrogens is 688 g/mol. The maximum atomic E-state index is 8.62. The van der Waals surface area contributed by atoms with Crippen LogP contribution in [-0.4, -0.2) is 51.6 Å². The zero-order valence-electron chi connectivity index (χ0n) is 29.1. The fourth-order valence-electron chi connectivity index (χ4n) is 8.83. The van der Waals surface area contributed by atoms with Gasteiger partial charge in [-0.2, -0.15) is 0 Å². The van der Waals surface area contributed by atoms with Gasteiger partial charge in [-0.25, -0.2) is 9.98 Å². The number of nitrogens with zero attached hydrogens (tertiary/aromatic N) is 2. The van der Waals surface area contributed by atoms with E-state index < -0.39 is 24.2 Å². The second-order valence-corrected chi connectivity index (χ2v) is 14.9. The second kappa shape index (κ2) is 11.3. The van der Waals surface area contributed by atoms with Crippen molar-refractivity contribution in [3.8, 4) is 0 Å². The Bertz CT molecular complexity index is 1550. The second-order valence-electron chi connectivity index (χ2n) is 13.1. The van der Waals surface area contributed by atoms with Crippen LogP contribution in [0, 0.1) is 10.8 Å². The van der Waals surface area contributed by atoms with Crippen molar-refractivity contribution in [2.75, 3.05) is 27.3 Å². The third kappa shape index (κ3) is 4.64. The summed E-state index contributed by atoms with van der Waals surface area (Å²) in [5.74, 6) is 0. The summed E-state index contributed by atoms with van der Waals surface area (Å²) in [6.07, 6.45) is 9.05. The lowest BCUT2D eigenvalue weighted by atomic mass is 9.62. The third-order valence-electron chi connectivity index (χ3n) is 11.1. The maximum Gasteiger partial charge on any atom is 0.283 e. The molecule has 8 nitrogen and oxygen atoms in total. The molecule has 4 spiro atoms. The summed E-state index contributed by atoms with van der Waals surface area (Å²) in [6, 6.07) is 12.0. The smallest absolute Gasteiger partial charge is 0.283 e. The van der Waals surface area contributed by atoms with E-state index in [4.69, 9.17) is 35.9 Å². The van der Waals surface area contributed by atoms with Crippen molar-refractivity contribution in [1.82, 2.24) is 0 Å². The molecule has 2 saturated carbocycles. The van der Waals surface area contributed by atoms with Crippen LogP contribution in [0.3, 0.4) is 0 Å². The van der Waals surface area contributed by atoms with Gasteiger partial charge in [0.05, 0.1) is 17.7 Å². The van der Waals surface area contributed by atoms with E-state index in [1.54, 1.807) is 14.2 Å². The number of hydrogen-bond acceptors (Lipinski definition) is 8. The van der Waals surface area contributed by atoms with Crippen LogP contribution in [0.2, 0.25) is 0 Å². The van der Waals surface area contributed by atoms with Crippen molar-refractivity contribution in [3.63, 3.8) is 0 Å². The van der Waals surface area contributed by atoms with Gasteiger partial charge < -0.3 is 30.4 Å². The molecular formula is C34H42Br2N4O4. The molecule has 2 atom stereocenters. The molecule has 4 N–H and O–H groups in total. The predicted octanol–water partition coefficient (Wildman–Crippen LogP) is 6.24. The van der Waals surface area contributed by atoms with E-state index in [0.29, 0.717) is 0 Å². The predicted molar refractivity (Wildman–Crippen MR) is 178 cm³/mol. The standard InChI is InChI=1S/2C17H21BrN2O2/c2*1-21-13-4-6-16(7-5-13)9-11-2-3-12(18)8-14(11)17(16)10-22-15(19)20-17/h2*2-3,8,13H,4-7,9-10H2,1H3,(H2,19,20)/t2*13?,16?,17-/m10/s1/i2*10D2. The van der Waals surface area contributed by atoms with Gasteiger partial charge in [0.15, 0.2) is 0 Å². The SMILES string of the molecule is [2H]C1([2H])OC(N)=N[C@@]12c1cc(Br)ccc1CC21CCC(OC)CC1.[2H]C1([2H])OC(N)=N[C@]12c1cc(Br)ccc1CC21CCC(OC)CC1. The van der Waals surface area contributed by atoms with Crippen LogP contribution in [0.5, 0.6) is 0 Å². The number of aliphatic imine (C=N–C) groups is 2. The van der Waals surface area contributed by atoms with Crippen LogP contribution in [0.25, 0.3) is 0 Å². The average Bonchev–Trinajstić information content (AvgIpc) is 3.65. The molecule has 0 aromatic heterocycles. The first-order valence-electron chi connectivity index (χ1n) is 17.4. The minimum absolute atomic E-state index is 0.0546. The summed E-state index contributed by atoms with van der Waals surface area (Å²) in [6.45, 7) is -3.91. The molecule has 0 radical (unpaired) electrons. The minimum atomic E-state index is -1.96. The van der Waals surface area contributed by atoms with Crippen molar-refractivity contribution in [1.29, 1.82) is 0 Å². The van der Waals surface area contributed by atoms with Crippen molar-refractivity contribution in [2.24, 2.45) is 32.3 Å². The van der Waals surface area contributed by atoms with Crippen LogP contribution < -0.4 is 11.5 Å². The molecule has 10 heteroatoms. The average molecular weight is 735 g/mol. The summed E-state index contributed by atoms with van der Waals surface area (Å²) in [4.78, 5) is 9.24. The number of halogens is 2. The minimum Gasteiger partial charge on any atom is -0.462 e. The normalized spacial score (nSPS) is 40.1. The van der Waals surface area contributed by atoms with Crippen LogP contribution >= 0.6 is 31.9 Å². The van der Waals surface area contributed by atoms with Gasteiger partial charge in [0, 0.05) is 34.0 Å². The molecule has 0 amide bonds. The summed E-state index contributed by atoms with van der Waals surface area (Å²) >= 11 is 7.04. The third-order valence-corrected chi connectivity index (χ3v) is 12.1. The Kier molecular flexibility index (Phi) is 6.66. The van der Waals surface area contributed by atoms with Gasteiger partial charge in [0.2, 0.25) is 0 Å². The van der Waals surface area contributed by atoms with Crippen LogP contribution in [-0.2, 0) is 42.9 Å². The van der Waals surface area contributed by atoms with Gasteiger partial charge in [-0.05, 0) is 111 Å². The molecule has 2 fully saturated rings. The Morgan fingerprint density at radius 2 is 1.11 bits per heavy atom. The highest BCUT2D eigenvalue weighted by Gasteiger charge is 2.62. The fraction of sp³-hybridized carbons (Fsp3) is 0.588. The highest BCUT2D eigenvalue weighted by Crippen LogP contribution is 2.62. The van der Waals surface area contributed by atoms with Gasteiger partial charge >= 0.3 is 0 Å². The molecule has 2 aliphatic heterocycles. The Balaban J connectivity index is 0.000000152. The molecule has 6 aliphatic rings. The largest absolute Gasteiger partial charge is 0.462 e. The lowest BCUT2D eigenvalue weighted by Gasteiger charge is -2.45. The number of methoxy groups -OCH3 is 2. The number of hydrogen-bond donors (Lipinski definition) is 2. The Morgan fingerprint density at radius 3 is 1.43 bits per heavy atom. The zero-order valence-corrected chi connectivity index (χ0v) is 28.3. The Morgan fingerprint density at radius 1 is 0.727 bits per heavy atom. The van der Waals surface area contributed by atoms with Crippen molar-refractivity contribution >= 4 is 43.9 Å². The van der Waals surface area contributed by atoms with Crippen molar-refractivity contribution in [3.05, 3.63) is 67.6 Å². The maximum absolute atomic E-state index is 8.62. The summed E-state index contributed by atoms with van der Waals surface area (Å²) in [7, 11) is 3.49. The lowest BCUT2D eigenvalue weighted by Crippen LogP contribution is -2.46. The number of amidine groups is 2. The molecule has 2 heterocycles. The molecule has 0 saturated heterocycles. The highest BCUT2D eigenvalue weighted by molar-refractivity contribution is 9.10. The van der Waals surface area contributed by atoms with Gasteiger partial charge in [-0.3, -0.25) is 0 Å². The van der Waals surface area contributed by atoms with Gasteiger partial charge in [-0.1, -0.05) is 44.0 Å². The molecule has 4 aliphatic carbocycles. The topological polar surface area (TPSA) is 114 Å². The molecule has 236 valence electrons. The number of rotatable bonds is 2. The van der Waals surface area contributed by atoms with E-state index in [2.05, 4.69) is 54.0 Å². The van der Waals surface area contributed by atoms with Gasteiger partial charge in [-0.15, -0.1) is 0 Å². The van der Waals surface area contributed by atoms with Crippen molar-refractivity contribution in [2.45, 2.75) is 87.5 Å². The zero-order chi connectivity index (χ0) is 34.3. The number of ether oxygens (including phenoxy) is 4. The van der Waals surface area contributed by atoms with Crippen LogP contribution in [0.4, 0.5) is 0 Å². The number of nitrogens with two attached hydrogens (primary N) is 2. The van der Waals surface area contributed by atoms with E-state index in [0.717, 1.165) is 95.4 Å². The summed E-state index contributed by atoms with van der Waals surface area (Å²) in [5.41, 5.74) is 13.0. The highest BCUT2D eigenvalue weighted by atomic mass is 79.9. The van der Waals surface area contributed by atoms with Crippen LogP contribution in [0.15, 0.2) is 55.3 Å². The lowest BCUT2D eigenvalue weighted by molar-refractivity contribution is -0.00985. The van der Waals surface area contributed by atoms with Gasteiger partial charge in [0.1, 0.15) is 24.2 Å². The van der Waals surface area contributed by atoms with E-state index in [1.165, 1.54) is 0 Å². The Labute approximate surface area is 282 Å². The summed E-state index contributed by atoms with van der Waals surface area (Å²) in [5, 5.41) is 0. The van der Waals surface area contributed by atoms with E-state index in [9.17, 15) is 0 Å². The quantitative estimate of drug-likeness (QED) is 0.378. The van der Waals surface area contributed by atoms with Crippen molar-refractivity contribution < 1.29 is 24.4 Å². The number of benzene rings is 2. The molecule has 2 aromatic rings. The van der Waals surface area contributed by atoms with E-state index in [1.807, 2.05) is 24.3 Å². The first-order valence-corrected chi connectivity index (χ1v) is 17.0. The molecule has 44 heavy (non-hydrogen) atoms. The first-order chi connectivity index (χ1) is 22.7. The monoisotopic (exact) mass is 732 g/mol. The molecule has 2 aromatic carbocycles. The molecule has 0 unspecified atom stereocenters. The molecule has 0 bridgehead atoms.